The fourth-order valence-electron chi connectivity index (χ4n) is 3.12. The average molecular weight is 268 g/mol. The molecular weight excluding hydrogens is 248 g/mol. The lowest BCUT2D eigenvalue weighted by atomic mass is 10.1. The molecule has 0 amide bonds. The molecule has 1 aromatic carbocycles. The number of ketones is 1. The lowest BCUT2D eigenvalue weighted by Gasteiger charge is -2.23. The van der Waals surface area contributed by atoms with Crippen molar-refractivity contribution in [2.75, 3.05) is 6.54 Å². The minimum atomic E-state index is 0.296. The number of fused-ring (bicyclic) bond motifs is 1. The first-order valence-electron chi connectivity index (χ1n) is 7.29. The van der Waals surface area contributed by atoms with Crippen molar-refractivity contribution in [3.8, 4) is 0 Å². The Morgan fingerprint density at radius 3 is 3.15 bits per heavy atom. The SMILES string of the molecule is CC(=O)CC1CCCN1Cc1ccc2ncccc2c1. The first-order chi connectivity index (χ1) is 9.72. The van der Waals surface area contributed by atoms with Gasteiger partial charge in [-0.3, -0.25) is 14.7 Å². The fourth-order valence-corrected chi connectivity index (χ4v) is 3.12. The van der Waals surface area contributed by atoms with Crippen molar-refractivity contribution in [1.29, 1.82) is 0 Å². The van der Waals surface area contributed by atoms with E-state index in [9.17, 15) is 4.79 Å². The standard InChI is InChI=1S/C17H20N2O/c1-13(20)10-16-5-3-9-19(16)12-14-6-7-17-15(11-14)4-2-8-18-17/h2,4,6-8,11,16H,3,5,9-10,12H2,1H3. The van der Waals surface area contributed by atoms with Gasteiger partial charge in [0, 0.05) is 30.6 Å². The highest BCUT2D eigenvalue weighted by molar-refractivity contribution is 5.79. The van der Waals surface area contributed by atoms with Gasteiger partial charge < -0.3 is 0 Å². The zero-order chi connectivity index (χ0) is 13.9. The summed E-state index contributed by atoms with van der Waals surface area (Å²) in [5, 5.41) is 1.19. The van der Waals surface area contributed by atoms with Crippen LogP contribution in [0.4, 0.5) is 0 Å². The highest BCUT2D eigenvalue weighted by Gasteiger charge is 2.25. The van der Waals surface area contributed by atoms with Crippen LogP contribution < -0.4 is 0 Å². The van der Waals surface area contributed by atoms with E-state index in [-0.39, 0.29) is 0 Å². The van der Waals surface area contributed by atoms with E-state index in [4.69, 9.17) is 0 Å². The second kappa shape index (κ2) is 5.71. The van der Waals surface area contributed by atoms with Crippen LogP contribution >= 0.6 is 0 Å². The summed E-state index contributed by atoms with van der Waals surface area (Å²) in [5.74, 6) is 0.296. The Bertz CT molecular complexity index is 623. The number of aromatic nitrogens is 1. The normalized spacial score (nSPS) is 19.6. The van der Waals surface area contributed by atoms with E-state index in [0.29, 0.717) is 18.2 Å². The minimum Gasteiger partial charge on any atom is -0.300 e. The van der Waals surface area contributed by atoms with Crippen LogP contribution in [0.3, 0.4) is 0 Å². The van der Waals surface area contributed by atoms with Crippen molar-refractivity contribution in [3.63, 3.8) is 0 Å². The van der Waals surface area contributed by atoms with Gasteiger partial charge in [0.1, 0.15) is 5.78 Å². The molecule has 3 rings (SSSR count). The van der Waals surface area contributed by atoms with Crippen LogP contribution in [0.5, 0.6) is 0 Å². The summed E-state index contributed by atoms with van der Waals surface area (Å²) in [6, 6.07) is 10.9. The molecule has 0 saturated carbocycles. The molecule has 2 aromatic rings. The number of carbonyl (C=O) groups is 1. The van der Waals surface area contributed by atoms with E-state index >= 15 is 0 Å². The van der Waals surface area contributed by atoms with Crippen LogP contribution in [-0.4, -0.2) is 28.3 Å². The lowest BCUT2D eigenvalue weighted by molar-refractivity contribution is -0.118. The third kappa shape index (κ3) is 2.88. The summed E-state index contributed by atoms with van der Waals surface area (Å²) < 4.78 is 0. The molecule has 1 saturated heterocycles. The van der Waals surface area contributed by atoms with Crippen LogP contribution in [0.2, 0.25) is 0 Å². The Kier molecular flexibility index (Phi) is 3.79. The van der Waals surface area contributed by atoms with E-state index in [1.54, 1.807) is 6.92 Å². The summed E-state index contributed by atoms with van der Waals surface area (Å²) in [7, 11) is 0. The van der Waals surface area contributed by atoms with Crippen molar-refractivity contribution in [2.45, 2.75) is 38.8 Å². The third-order valence-corrected chi connectivity index (χ3v) is 4.08. The molecule has 2 heterocycles. The predicted octanol–water partition coefficient (Wildman–Crippen LogP) is 3.18. The number of benzene rings is 1. The number of rotatable bonds is 4. The van der Waals surface area contributed by atoms with Crippen molar-refractivity contribution in [3.05, 3.63) is 42.1 Å². The topological polar surface area (TPSA) is 33.2 Å². The van der Waals surface area contributed by atoms with E-state index < -0.39 is 0 Å². The van der Waals surface area contributed by atoms with Gasteiger partial charge in [-0.15, -0.1) is 0 Å². The zero-order valence-electron chi connectivity index (χ0n) is 11.9. The second-order valence-corrected chi connectivity index (χ2v) is 5.70. The van der Waals surface area contributed by atoms with E-state index in [0.717, 1.165) is 25.0 Å². The molecule has 3 nitrogen and oxygen atoms in total. The Morgan fingerprint density at radius 2 is 2.30 bits per heavy atom. The molecule has 0 N–H and O–H groups in total. The number of likely N-dealkylation sites (tertiary alicyclic amines) is 1. The molecule has 104 valence electrons. The molecule has 0 aliphatic carbocycles. The Labute approximate surface area is 119 Å². The molecule has 0 radical (unpaired) electrons. The predicted molar refractivity (Wildman–Crippen MR) is 80.5 cm³/mol. The number of pyridine rings is 1. The number of nitrogens with zero attached hydrogens (tertiary/aromatic N) is 2. The van der Waals surface area contributed by atoms with Crippen LogP contribution in [0.25, 0.3) is 10.9 Å². The Morgan fingerprint density at radius 1 is 1.40 bits per heavy atom. The first kappa shape index (κ1) is 13.3. The second-order valence-electron chi connectivity index (χ2n) is 5.70. The maximum Gasteiger partial charge on any atom is 0.131 e. The monoisotopic (exact) mass is 268 g/mol. The molecule has 1 unspecified atom stereocenters. The molecule has 3 heteroatoms. The van der Waals surface area contributed by atoms with Gasteiger partial charge in [-0.05, 0) is 50.1 Å². The molecular formula is C17H20N2O. The van der Waals surface area contributed by atoms with Crippen LogP contribution in [0, 0.1) is 0 Å². The van der Waals surface area contributed by atoms with Crippen LogP contribution in [0.1, 0.15) is 31.7 Å². The summed E-state index contributed by atoms with van der Waals surface area (Å²) in [4.78, 5) is 18.1. The molecule has 1 atom stereocenters. The van der Waals surface area contributed by atoms with Gasteiger partial charge in [0.05, 0.1) is 5.52 Å². The van der Waals surface area contributed by atoms with Gasteiger partial charge >= 0.3 is 0 Å². The van der Waals surface area contributed by atoms with Crippen LogP contribution in [0.15, 0.2) is 36.5 Å². The molecule has 0 bridgehead atoms. The number of hydrogen-bond acceptors (Lipinski definition) is 3. The number of Topliss-reactive ketones (excluding diaryl/α,β-unsaturated/α-hetero) is 1. The van der Waals surface area contributed by atoms with E-state index in [2.05, 4.69) is 34.1 Å². The quantitative estimate of drug-likeness (QED) is 0.854. The maximum absolute atomic E-state index is 11.3. The zero-order valence-corrected chi connectivity index (χ0v) is 11.9. The minimum absolute atomic E-state index is 0.296. The molecule has 1 aromatic heterocycles. The molecule has 1 fully saturated rings. The summed E-state index contributed by atoms with van der Waals surface area (Å²) in [5.41, 5.74) is 2.35. The smallest absolute Gasteiger partial charge is 0.131 e. The molecule has 1 aliphatic rings. The summed E-state index contributed by atoms with van der Waals surface area (Å²) in [6.07, 6.45) is 4.86. The number of hydrogen-bond donors (Lipinski definition) is 0. The van der Waals surface area contributed by atoms with E-state index in [1.165, 1.54) is 17.4 Å². The first-order valence-corrected chi connectivity index (χ1v) is 7.29. The summed E-state index contributed by atoms with van der Waals surface area (Å²) in [6.45, 7) is 3.73. The number of carbonyl (C=O) groups excluding carboxylic acids is 1. The van der Waals surface area contributed by atoms with Gasteiger partial charge in [-0.1, -0.05) is 12.1 Å². The summed E-state index contributed by atoms with van der Waals surface area (Å²) >= 11 is 0. The lowest BCUT2D eigenvalue weighted by Crippen LogP contribution is -2.30. The molecule has 1 aliphatic heterocycles. The van der Waals surface area contributed by atoms with Gasteiger partial charge in [-0.25, -0.2) is 0 Å². The molecule has 0 spiro atoms. The maximum atomic E-state index is 11.3. The highest BCUT2D eigenvalue weighted by Crippen LogP contribution is 2.23. The van der Waals surface area contributed by atoms with Crippen molar-refractivity contribution >= 4 is 16.7 Å². The van der Waals surface area contributed by atoms with Gasteiger partial charge in [0.25, 0.3) is 0 Å². The van der Waals surface area contributed by atoms with Crippen molar-refractivity contribution < 1.29 is 4.79 Å². The Balaban J connectivity index is 1.76. The van der Waals surface area contributed by atoms with Gasteiger partial charge in [0.15, 0.2) is 0 Å². The molecule has 20 heavy (non-hydrogen) atoms. The highest BCUT2D eigenvalue weighted by atomic mass is 16.1. The van der Waals surface area contributed by atoms with Crippen molar-refractivity contribution in [2.24, 2.45) is 0 Å². The third-order valence-electron chi connectivity index (χ3n) is 4.08. The fraction of sp³-hybridized carbons (Fsp3) is 0.412. The van der Waals surface area contributed by atoms with Crippen LogP contribution in [-0.2, 0) is 11.3 Å². The Hall–Kier alpha value is -1.74. The average Bonchev–Trinajstić information content (AvgIpc) is 2.85. The van der Waals surface area contributed by atoms with Crippen molar-refractivity contribution in [1.82, 2.24) is 9.88 Å². The van der Waals surface area contributed by atoms with Gasteiger partial charge in [0.2, 0.25) is 0 Å². The largest absolute Gasteiger partial charge is 0.300 e. The van der Waals surface area contributed by atoms with Gasteiger partial charge in [-0.2, -0.15) is 0 Å². The van der Waals surface area contributed by atoms with E-state index in [1.807, 2.05) is 12.3 Å².